The molecule has 0 aliphatic rings. The van der Waals surface area contributed by atoms with Crippen molar-refractivity contribution in [3.05, 3.63) is 18.1 Å². The summed E-state index contributed by atoms with van der Waals surface area (Å²) in [5.41, 5.74) is 6.33. The minimum absolute atomic E-state index is 0.0273. The van der Waals surface area contributed by atoms with Crippen molar-refractivity contribution >= 4 is 11.7 Å². The number of amides is 1. The van der Waals surface area contributed by atoms with E-state index < -0.39 is 0 Å². The summed E-state index contributed by atoms with van der Waals surface area (Å²) in [4.78, 5) is 22.1. The molecule has 1 amide bonds. The third kappa shape index (κ3) is 3.96. The van der Waals surface area contributed by atoms with Gasteiger partial charge < -0.3 is 16.0 Å². The van der Waals surface area contributed by atoms with E-state index in [9.17, 15) is 4.79 Å². The number of likely N-dealkylation sites (N-methyl/N-ethyl adjacent to an activating group) is 1. The van der Waals surface area contributed by atoms with Crippen LogP contribution in [-0.4, -0.2) is 35.0 Å². The Morgan fingerprint density at radius 2 is 2.11 bits per heavy atom. The Balaban J connectivity index is 2.79. The van der Waals surface area contributed by atoms with Gasteiger partial charge in [-0.2, -0.15) is 0 Å². The Hall–Kier alpha value is -1.69. The van der Waals surface area contributed by atoms with E-state index in [2.05, 4.69) is 15.3 Å². The van der Waals surface area contributed by atoms with Crippen LogP contribution in [0, 0.1) is 0 Å². The van der Waals surface area contributed by atoms with Gasteiger partial charge in [0.15, 0.2) is 5.82 Å². The summed E-state index contributed by atoms with van der Waals surface area (Å²) in [6.07, 6.45) is 3.21. The first-order chi connectivity index (χ1) is 8.58. The molecule has 6 nitrogen and oxygen atoms in total. The largest absolute Gasteiger partial charge is 0.352 e. The molecular formula is C12H21N5O. The Morgan fingerprint density at radius 1 is 1.44 bits per heavy atom. The lowest BCUT2D eigenvalue weighted by Gasteiger charge is -2.23. The van der Waals surface area contributed by atoms with Crippen molar-refractivity contribution in [2.24, 2.45) is 5.73 Å². The highest BCUT2D eigenvalue weighted by molar-refractivity contribution is 5.81. The van der Waals surface area contributed by atoms with Gasteiger partial charge >= 0.3 is 0 Å². The molecule has 0 aliphatic carbocycles. The summed E-state index contributed by atoms with van der Waals surface area (Å²) in [7, 11) is 0. The Morgan fingerprint density at radius 3 is 2.67 bits per heavy atom. The fourth-order valence-electron chi connectivity index (χ4n) is 1.65. The second-order valence-electron chi connectivity index (χ2n) is 4.27. The van der Waals surface area contributed by atoms with Gasteiger partial charge in [-0.05, 0) is 20.8 Å². The van der Waals surface area contributed by atoms with Crippen LogP contribution >= 0.6 is 0 Å². The van der Waals surface area contributed by atoms with Crippen LogP contribution in [0.5, 0.6) is 0 Å². The standard InChI is InChI=1S/C12H21N5O/c1-4-17(8-11(18)16-9(2)3)12-10(7-13)14-5-6-15-12/h5-6,9H,4,7-8,13H2,1-3H3,(H,16,18). The summed E-state index contributed by atoms with van der Waals surface area (Å²) >= 11 is 0. The lowest BCUT2D eigenvalue weighted by molar-refractivity contribution is -0.120. The highest BCUT2D eigenvalue weighted by Gasteiger charge is 2.15. The second-order valence-corrected chi connectivity index (χ2v) is 4.27. The monoisotopic (exact) mass is 251 g/mol. The van der Waals surface area contributed by atoms with Crippen molar-refractivity contribution in [1.82, 2.24) is 15.3 Å². The molecule has 0 fully saturated rings. The zero-order valence-corrected chi connectivity index (χ0v) is 11.2. The molecule has 0 saturated carbocycles. The van der Waals surface area contributed by atoms with E-state index in [0.717, 1.165) is 0 Å². The number of aromatic nitrogens is 2. The predicted molar refractivity (Wildman–Crippen MR) is 71.1 cm³/mol. The third-order valence-electron chi connectivity index (χ3n) is 2.41. The maximum Gasteiger partial charge on any atom is 0.239 e. The molecule has 0 unspecified atom stereocenters. The van der Waals surface area contributed by atoms with Gasteiger partial charge in [0.05, 0.1) is 12.2 Å². The van der Waals surface area contributed by atoms with E-state index in [-0.39, 0.29) is 18.5 Å². The van der Waals surface area contributed by atoms with Crippen molar-refractivity contribution in [3.8, 4) is 0 Å². The van der Waals surface area contributed by atoms with Crippen LogP contribution in [0.2, 0.25) is 0 Å². The lowest BCUT2D eigenvalue weighted by Crippen LogP contribution is -2.40. The summed E-state index contributed by atoms with van der Waals surface area (Å²) in [5, 5.41) is 2.85. The van der Waals surface area contributed by atoms with E-state index >= 15 is 0 Å². The molecule has 1 heterocycles. The van der Waals surface area contributed by atoms with Crippen molar-refractivity contribution in [2.45, 2.75) is 33.4 Å². The third-order valence-corrected chi connectivity index (χ3v) is 2.41. The number of nitrogens with one attached hydrogen (secondary N) is 1. The van der Waals surface area contributed by atoms with Gasteiger partial charge in [0.1, 0.15) is 0 Å². The zero-order chi connectivity index (χ0) is 13.5. The summed E-state index contributed by atoms with van der Waals surface area (Å²) in [6, 6.07) is 0.132. The first-order valence-electron chi connectivity index (χ1n) is 6.12. The zero-order valence-electron chi connectivity index (χ0n) is 11.2. The SMILES string of the molecule is CCN(CC(=O)NC(C)C)c1nccnc1CN. The molecule has 1 aromatic heterocycles. The van der Waals surface area contributed by atoms with Gasteiger partial charge in [0, 0.05) is 31.5 Å². The van der Waals surface area contributed by atoms with E-state index in [1.807, 2.05) is 25.7 Å². The average Bonchev–Trinajstić information content (AvgIpc) is 2.35. The molecule has 0 radical (unpaired) electrons. The quantitative estimate of drug-likeness (QED) is 0.759. The average molecular weight is 251 g/mol. The van der Waals surface area contributed by atoms with E-state index in [1.165, 1.54) is 0 Å². The summed E-state index contributed by atoms with van der Waals surface area (Å²) in [6.45, 7) is 7.09. The molecule has 100 valence electrons. The molecule has 0 aromatic carbocycles. The van der Waals surface area contributed by atoms with Gasteiger partial charge in [-0.15, -0.1) is 0 Å². The Labute approximate surface area is 108 Å². The predicted octanol–water partition coefficient (Wildman–Crippen LogP) is 0.286. The Kier molecular flexibility index (Phi) is 5.51. The molecule has 0 saturated heterocycles. The van der Waals surface area contributed by atoms with Gasteiger partial charge in [-0.25, -0.2) is 4.98 Å². The van der Waals surface area contributed by atoms with Crippen LogP contribution in [0.1, 0.15) is 26.5 Å². The van der Waals surface area contributed by atoms with Crippen LogP contribution in [0.25, 0.3) is 0 Å². The lowest BCUT2D eigenvalue weighted by atomic mass is 10.3. The van der Waals surface area contributed by atoms with Crippen molar-refractivity contribution < 1.29 is 4.79 Å². The molecule has 18 heavy (non-hydrogen) atoms. The molecule has 0 bridgehead atoms. The summed E-state index contributed by atoms with van der Waals surface area (Å²) in [5.74, 6) is 0.655. The molecule has 6 heteroatoms. The number of rotatable bonds is 6. The molecule has 0 aliphatic heterocycles. The number of hydrogen-bond donors (Lipinski definition) is 2. The Bertz CT molecular complexity index is 394. The van der Waals surface area contributed by atoms with Gasteiger partial charge in [-0.1, -0.05) is 0 Å². The topological polar surface area (TPSA) is 84.1 Å². The minimum atomic E-state index is -0.0273. The normalized spacial score (nSPS) is 10.5. The van der Waals surface area contributed by atoms with Gasteiger partial charge in [0.2, 0.25) is 5.91 Å². The van der Waals surface area contributed by atoms with Crippen LogP contribution in [-0.2, 0) is 11.3 Å². The second kappa shape index (κ2) is 6.90. The molecule has 0 atom stereocenters. The highest BCUT2D eigenvalue weighted by atomic mass is 16.2. The molecule has 1 rings (SSSR count). The maximum atomic E-state index is 11.8. The van der Waals surface area contributed by atoms with Crippen molar-refractivity contribution in [1.29, 1.82) is 0 Å². The number of nitrogens with zero attached hydrogens (tertiary/aromatic N) is 3. The van der Waals surface area contributed by atoms with Crippen molar-refractivity contribution in [3.63, 3.8) is 0 Å². The molecule has 3 N–H and O–H groups in total. The van der Waals surface area contributed by atoms with E-state index in [0.29, 0.717) is 24.6 Å². The maximum absolute atomic E-state index is 11.8. The molecular weight excluding hydrogens is 230 g/mol. The van der Waals surface area contributed by atoms with Crippen LogP contribution in [0.4, 0.5) is 5.82 Å². The van der Waals surface area contributed by atoms with Crippen molar-refractivity contribution in [2.75, 3.05) is 18.0 Å². The number of hydrogen-bond acceptors (Lipinski definition) is 5. The number of carbonyl (C=O) groups excluding carboxylic acids is 1. The smallest absolute Gasteiger partial charge is 0.239 e. The number of carbonyl (C=O) groups is 1. The highest BCUT2D eigenvalue weighted by Crippen LogP contribution is 2.13. The van der Waals surface area contributed by atoms with Crippen LogP contribution in [0.3, 0.4) is 0 Å². The first kappa shape index (κ1) is 14.4. The molecule has 1 aromatic rings. The van der Waals surface area contributed by atoms with Gasteiger partial charge in [-0.3, -0.25) is 9.78 Å². The van der Waals surface area contributed by atoms with Crippen LogP contribution in [0.15, 0.2) is 12.4 Å². The van der Waals surface area contributed by atoms with E-state index in [1.54, 1.807) is 12.4 Å². The molecule has 0 spiro atoms. The minimum Gasteiger partial charge on any atom is -0.352 e. The van der Waals surface area contributed by atoms with Crippen LogP contribution < -0.4 is 16.0 Å². The fraction of sp³-hybridized carbons (Fsp3) is 0.583. The fourth-order valence-corrected chi connectivity index (χ4v) is 1.65. The van der Waals surface area contributed by atoms with Gasteiger partial charge in [0.25, 0.3) is 0 Å². The van der Waals surface area contributed by atoms with E-state index in [4.69, 9.17) is 5.73 Å². The number of anilines is 1. The number of nitrogens with two attached hydrogens (primary N) is 1. The first-order valence-corrected chi connectivity index (χ1v) is 6.12. The summed E-state index contributed by atoms with van der Waals surface area (Å²) < 4.78 is 0.